The van der Waals surface area contributed by atoms with Gasteiger partial charge in [0.15, 0.2) is 6.29 Å². The lowest BCUT2D eigenvalue weighted by molar-refractivity contribution is 0.112. The third kappa shape index (κ3) is 0.937. The first-order valence-electron chi connectivity index (χ1n) is 3.25. The molecule has 2 rings (SSSR count). The van der Waals surface area contributed by atoms with Crippen LogP contribution in [0.15, 0.2) is 17.1 Å². The maximum Gasteiger partial charge on any atom is 0.153 e. The van der Waals surface area contributed by atoms with Crippen LogP contribution in [0.25, 0.3) is 11.0 Å². The maximum absolute atomic E-state index is 10.5. The lowest BCUT2D eigenvalue weighted by Crippen LogP contribution is -1.83. The van der Waals surface area contributed by atoms with Gasteiger partial charge in [0, 0.05) is 6.20 Å². The van der Waals surface area contributed by atoms with Gasteiger partial charge in [0.25, 0.3) is 0 Å². The molecule has 2 aromatic rings. The number of hydrogen-bond acceptors (Lipinski definition) is 3. The number of carbonyl (C=O) groups excluding carboxylic acids is 1. The van der Waals surface area contributed by atoms with Gasteiger partial charge in [-0.2, -0.15) is 0 Å². The molecule has 5 heteroatoms. The zero-order valence-electron chi connectivity index (χ0n) is 5.91. The molecular weight excluding hydrogens is 222 g/mol. The summed E-state index contributed by atoms with van der Waals surface area (Å²) in [6.07, 6.45) is 3.78. The molecule has 1 N–H and O–H groups in total. The van der Waals surface area contributed by atoms with Crippen molar-refractivity contribution in [1.29, 1.82) is 0 Å². The van der Waals surface area contributed by atoms with Gasteiger partial charge in [-0.05, 0) is 15.9 Å². The van der Waals surface area contributed by atoms with Crippen molar-refractivity contribution in [3.63, 3.8) is 0 Å². The predicted molar refractivity (Wildman–Crippen MR) is 47.0 cm³/mol. The van der Waals surface area contributed by atoms with Gasteiger partial charge in [-0.25, -0.2) is 9.97 Å². The number of rotatable bonds is 1. The highest BCUT2D eigenvalue weighted by Gasteiger charge is 2.06. The van der Waals surface area contributed by atoms with Gasteiger partial charge in [0.1, 0.15) is 16.4 Å². The number of nitrogens with zero attached hydrogens (tertiary/aromatic N) is 2. The molecule has 0 aromatic carbocycles. The van der Waals surface area contributed by atoms with Crippen molar-refractivity contribution in [2.45, 2.75) is 0 Å². The average molecular weight is 226 g/mol. The Balaban J connectivity index is 2.88. The number of fused-ring (bicyclic) bond motifs is 1. The number of aromatic amines is 1. The molecule has 0 amide bonds. The van der Waals surface area contributed by atoms with E-state index in [9.17, 15) is 4.79 Å². The third-order valence-electron chi connectivity index (χ3n) is 1.57. The largest absolute Gasteiger partial charge is 0.357 e. The van der Waals surface area contributed by atoms with Crippen molar-refractivity contribution >= 4 is 33.2 Å². The molecule has 0 saturated heterocycles. The summed E-state index contributed by atoms with van der Waals surface area (Å²) in [5, 5.41) is 0. The van der Waals surface area contributed by atoms with E-state index in [2.05, 4.69) is 30.9 Å². The minimum atomic E-state index is 0.549. The summed E-state index contributed by atoms with van der Waals surface area (Å²) >= 11 is 3.24. The van der Waals surface area contributed by atoms with E-state index in [1.807, 2.05) is 0 Å². The van der Waals surface area contributed by atoms with Crippen LogP contribution in [0.5, 0.6) is 0 Å². The first kappa shape index (κ1) is 7.42. The Labute approximate surface area is 76.2 Å². The first-order valence-corrected chi connectivity index (χ1v) is 4.05. The summed E-state index contributed by atoms with van der Waals surface area (Å²) in [7, 11) is 0. The first-order chi connectivity index (χ1) is 5.83. The molecule has 2 aromatic heterocycles. The van der Waals surface area contributed by atoms with Gasteiger partial charge in [0.2, 0.25) is 0 Å². The van der Waals surface area contributed by atoms with E-state index < -0.39 is 0 Å². The molecule has 0 bridgehead atoms. The molecule has 0 aliphatic rings. The minimum Gasteiger partial charge on any atom is -0.357 e. The molecule has 0 aliphatic heterocycles. The maximum atomic E-state index is 10.5. The van der Waals surface area contributed by atoms with Crippen LogP contribution in [0.3, 0.4) is 0 Å². The Bertz CT molecular complexity index is 437. The van der Waals surface area contributed by atoms with E-state index in [1.54, 1.807) is 6.20 Å². The number of aromatic nitrogens is 3. The summed E-state index contributed by atoms with van der Waals surface area (Å²) < 4.78 is 0.667. The zero-order valence-corrected chi connectivity index (χ0v) is 7.50. The molecule has 0 aliphatic carbocycles. The van der Waals surface area contributed by atoms with Crippen LogP contribution in [0.4, 0.5) is 0 Å². The lowest BCUT2D eigenvalue weighted by Gasteiger charge is -1.90. The van der Waals surface area contributed by atoms with Crippen molar-refractivity contribution in [2.24, 2.45) is 0 Å². The average Bonchev–Trinajstić information content (AvgIpc) is 2.49. The number of hydrogen-bond donors (Lipinski definition) is 1. The molecule has 60 valence electrons. The molecule has 0 atom stereocenters. The molecule has 0 fully saturated rings. The Kier molecular flexibility index (Phi) is 1.65. The van der Waals surface area contributed by atoms with E-state index in [-0.39, 0.29) is 0 Å². The fourth-order valence-electron chi connectivity index (χ4n) is 1.02. The Hall–Kier alpha value is -1.23. The standard InChI is InChI=1S/C7H4BrN3O/c8-7-6-5(10-3-11-7)4(2-12)1-9-6/h1-3,9H. The van der Waals surface area contributed by atoms with E-state index in [1.165, 1.54) is 6.33 Å². The summed E-state index contributed by atoms with van der Waals surface area (Å²) in [5.74, 6) is 0. The van der Waals surface area contributed by atoms with Crippen molar-refractivity contribution < 1.29 is 4.79 Å². The summed E-state index contributed by atoms with van der Waals surface area (Å²) in [6.45, 7) is 0. The molecule has 0 saturated carbocycles. The van der Waals surface area contributed by atoms with Crippen LogP contribution < -0.4 is 0 Å². The van der Waals surface area contributed by atoms with Crippen LogP contribution in [-0.2, 0) is 0 Å². The van der Waals surface area contributed by atoms with Gasteiger partial charge in [0.05, 0.1) is 11.1 Å². The van der Waals surface area contributed by atoms with E-state index in [4.69, 9.17) is 0 Å². The quantitative estimate of drug-likeness (QED) is 0.592. The molecule has 0 radical (unpaired) electrons. The topological polar surface area (TPSA) is 58.6 Å². The lowest BCUT2D eigenvalue weighted by atomic mass is 10.3. The third-order valence-corrected chi connectivity index (χ3v) is 2.17. The number of carbonyl (C=O) groups is 1. The summed E-state index contributed by atoms with van der Waals surface area (Å²) in [4.78, 5) is 21.3. The molecule has 12 heavy (non-hydrogen) atoms. The van der Waals surface area contributed by atoms with Crippen molar-refractivity contribution in [3.05, 3.63) is 22.7 Å². The number of halogens is 1. The molecular formula is C7H4BrN3O. The van der Waals surface area contributed by atoms with Gasteiger partial charge in [-0.1, -0.05) is 0 Å². The van der Waals surface area contributed by atoms with Crippen LogP contribution in [0.1, 0.15) is 10.4 Å². The van der Waals surface area contributed by atoms with E-state index in [0.29, 0.717) is 15.7 Å². The van der Waals surface area contributed by atoms with E-state index in [0.717, 1.165) is 11.8 Å². The molecule has 0 spiro atoms. The normalized spacial score (nSPS) is 10.4. The Morgan fingerprint density at radius 2 is 2.33 bits per heavy atom. The highest BCUT2D eigenvalue weighted by Crippen LogP contribution is 2.19. The van der Waals surface area contributed by atoms with Crippen LogP contribution in [-0.4, -0.2) is 21.2 Å². The number of H-pyrrole nitrogens is 1. The van der Waals surface area contributed by atoms with Gasteiger partial charge in [-0.15, -0.1) is 0 Å². The smallest absolute Gasteiger partial charge is 0.153 e. The van der Waals surface area contributed by atoms with Crippen molar-refractivity contribution in [3.8, 4) is 0 Å². The van der Waals surface area contributed by atoms with Gasteiger partial charge < -0.3 is 4.98 Å². The summed E-state index contributed by atoms with van der Waals surface area (Å²) in [6, 6.07) is 0. The Morgan fingerprint density at radius 3 is 3.08 bits per heavy atom. The monoisotopic (exact) mass is 225 g/mol. The Morgan fingerprint density at radius 1 is 1.50 bits per heavy atom. The highest BCUT2D eigenvalue weighted by molar-refractivity contribution is 9.10. The van der Waals surface area contributed by atoms with Crippen molar-refractivity contribution in [2.75, 3.05) is 0 Å². The van der Waals surface area contributed by atoms with Gasteiger partial charge >= 0.3 is 0 Å². The van der Waals surface area contributed by atoms with Crippen molar-refractivity contribution in [1.82, 2.24) is 15.0 Å². The number of aldehydes is 1. The molecule has 2 heterocycles. The predicted octanol–water partition coefficient (Wildman–Crippen LogP) is 1.53. The minimum absolute atomic E-state index is 0.549. The van der Waals surface area contributed by atoms with Crippen LogP contribution in [0, 0.1) is 0 Å². The molecule has 4 nitrogen and oxygen atoms in total. The molecule has 0 unspecified atom stereocenters. The second-order valence-corrected chi connectivity index (χ2v) is 3.00. The fourth-order valence-corrected chi connectivity index (χ4v) is 1.41. The van der Waals surface area contributed by atoms with Crippen LogP contribution >= 0.6 is 15.9 Å². The van der Waals surface area contributed by atoms with Gasteiger partial charge in [-0.3, -0.25) is 4.79 Å². The van der Waals surface area contributed by atoms with E-state index >= 15 is 0 Å². The second-order valence-electron chi connectivity index (χ2n) is 2.25. The second kappa shape index (κ2) is 2.67. The summed E-state index contributed by atoms with van der Waals surface area (Å²) in [5.41, 5.74) is 1.94. The number of nitrogens with one attached hydrogen (secondary N) is 1. The highest BCUT2D eigenvalue weighted by atomic mass is 79.9. The SMILES string of the molecule is O=Cc1c[nH]c2c(Br)ncnc12. The fraction of sp³-hybridized carbons (Fsp3) is 0. The zero-order chi connectivity index (χ0) is 8.55. The van der Waals surface area contributed by atoms with Crippen LogP contribution in [0.2, 0.25) is 0 Å².